The summed E-state index contributed by atoms with van der Waals surface area (Å²) in [6, 6.07) is 12.8. The van der Waals surface area contributed by atoms with Gasteiger partial charge in [0.1, 0.15) is 5.75 Å². The van der Waals surface area contributed by atoms with E-state index in [9.17, 15) is 4.79 Å². The molecule has 7 nitrogen and oxygen atoms in total. The van der Waals surface area contributed by atoms with Crippen LogP contribution < -0.4 is 14.4 Å². The zero-order chi connectivity index (χ0) is 22.0. The molecular weight excluding hydrogens is 436 g/mol. The Balaban J connectivity index is 1.92. The van der Waals surface area contributed by atoms with E-state index in [0.717, 1.165) is 11.3 Å². The van der Waals surface area contributed by atoms with E-state index < -0.39 is 6.23 Å². The molecule has 1 aliphatic heterocycles. The van der Waals surface area contributed by atoms with Crippen LogP contribution in [0.25, 0.3) is 11.3 Å². The van der Waals surface area contributed by atoms with Crippen LogP contribution in [0, 0.1) is 0 Å². The fraction of sp³-hybridized carbons (Fsp3) is 0.273. The summed E-state index contributed by atoms with van der Waals surface area (Å²) in [4.78, 5) is 19.3. The van der Waals surface area contributed by atoms with Crippen molar-refractivity contribution in [1.29, 1.82) is 0 Å². The summed E-state index contributed by atoms with van der Waals surface area (Å²) >= 11 is 7.65. The van der Waals surface area contributed by atoms with Crippen molar-refractivity contribution < 1.29 is 14.3 Å². The van der Waals surface area contributed by atoms with Gasteiger partial charge in [-0.1, -0.05) is 30.3 Å². The number of ether oxygens (including phenoxy) is 2. The minimum atomic E-state index is -0.740. The molecule has 1 unspecified atom stereocenters. The molecule has 0 saturated carbocycles. The number of thioether (sulfide) groups is 1. The number of hydrogen-bond acceptors (Lipinski definition) is 7. The first kappa shape index (κ1) is 21.4. The Kier molecular flexibility index (Phi) is 6.29. The zero-order valence-electron chi connectivity index (χ0n) is 17.3. The van der Waals surface area contributed by atoms with E-state index in [4.69, 9.17) is 21.1 Å². The summed E-state index contributed by atoms with van der Waals surface area (Å²) in [7, 11) is 0. The van der Waals surface area contributed by atoms with Gasteiger partial charge in [-0.05, 0) is 55.6 Å². The van der Waals surface area contributed by atoms with Crippen molar-refractivity contribution in [1.82, 2.24) is 15.2 Å². The number of aromatic nitrogens is 3. The van der Waals surface area contributed by atoms with Crippen molar-refractivity contribution in [2.75, 3.05) is 17.8 Å². The van der Waals surface area contributed by atoms with Crippen molar-refractivity contribution in [2.45, 2.75) is 31.7 Å². The zero-order valence-corrected chi connectivity index (χ0v) is 18.9. The predicted molar refractivity (Wildman–Crippen MR) is 121 cm³/mol. The molecule has 2 heterocycles. The van der Waals surface area contributed by atoms with E-state index in [0.29, 0.717) is 46.0 Å². The van der Waals surface area contributed by atoms with E-state index in [1.165, 1.54) is 11.8 Å². The number of anilines is 1. The molecule has 1 atom stereocenters. The molecule has 0 radical (unpaired) electrons. The molecule has 9 heteroatoms. The number of amides is 1. The fourth-order valence-electron chi connectivity index (χ4n) is 3.38. The smallest absolute Gasteiger partial charge is 0.247 e. The summed E-state index contributed by atoms with van der Waals surface area (Å²) in [6.45, 7) is 4.31. The lowest BCUT2D eigenvalue weighted by atomic mass is 10.1. The minimum absolute atomic E-state index is 0.103. The number of carbonyl (C=O) groups is 1. The fourth-order valence-corrected chi connectivity index (χ4v) is 3.84. The van der Waals surface area contributed by atoms with E-state index in [1.54, 1.807) is 23.1 Å². The first-order valence-electron chi connectivity index (χ1n) is 9.85. The molecule has 1 aromatic heterocycles. The number of halogens is 1. The van der Waals surface area contributed by atoms with Crippen LogP contribution in [-0.2, 0) is 4.79 Å². The van der Waals surface area contributed by atoms with E-state index in [2.05, 4.69) is 15.2 Å². The highest BCUT2D eigenvalue weighted by atomic mass is 35.5. The molecule has 0 fully saturated rings. The highest BCUT2D eigenvalue weighted by molar-refractivity contribution is 7.98. The third-order valence-electron chi connectivity index (χ3n) is 4.80. The molecule has 3 aromatic rings. The molecule has 0 bridgehead atoms. The van der Waals surface area contributed by atoms with Crippen LogP contribution in [0.15, 0.2) is 47.6 Å². The molecule has 0 aliphatic carbocycles. The SMILES string of the molecule is CCOc1ccc(C2Oc3nc(SC)nnc3-c3cc(Cl)ccc3N2C(=O)CC)cc1. The van der Waals surface area contributed by atoms with E-state index in [1.807, 2.05) is 44.4 Å². The molecule has 1 amide bonds. The van der Waals surface area contributed by atoms with Gasteiger partial charge in [-0.3, -0.25) is 9.69 Å². The number of rotatable bonds is 5. The second-order valence-corrected chi connectivity index (χ2v) is 7.91. The maximum Gasteiger partial charge on any atom is 0.247 e. The summed E-state index contributed by atoms with van der Waals surface area (Å²) in [5.41, 5.74) is 2.51. The summed E-state index contributed by atoms with van der Waals surface area (Å²) < 4.78 is 11.9. The van der Waals surface area contributed by atoms with Gasteiger partial charge in [-0.2, -0.15) is 4.98 Å². The van der Waals surface area contributed by atoms with Gasteiger partial charge in [-0.15, -0.1) is 10.2 Å². The van der Waals surface area contributed by atoms with Crippen molar-refractivity contribution in [3.8, 4) is 22.9 Å². The molecule has 2 aromatic carbocycles. The van der Waals surface area contributed by atoms with Crippen LogP contribution >= 0.6 is 23.4 Å². The van der Waals surface area contributed by atoms with Gasteiger partial charge in [0.25, 0.3) is 0 Å². The number of hydrogen-bond donors (Lipinski definition) is 0. The average molecular weight is 457 g/mol. The van der Waals surface area contributed by atoms with Gasteiger partial charge in [0.15, 0.2) is 5.69 Å². The van der Waals surface area contributed by atoms with Crippen molar-refractivity contribution in [3.05, 3.63) is 53.1 Å². The van der Waals surface area contributed by atoms with Crippen LogP contribution in [0.2, 0.25) is 5.02 Å². The maximum absolute atomic E-state index is 13.1. The van der Waals surface area contributed by atoms with Crippen molar-refractivity contribution >= 4 is 35.0 Å². The van der Waals surface area contributed by atoms with Gasteiger partial charge < -0.3 is 9.47 Å². The Hall–Kier alpha value is -2.84. The standard InChI is InChI=1S/C22H21ClN4O3S/c1-4-18(28)27-17-11-8-14(23)12-16(17)19-20(24-22(31-3)26-25-19)30-21(27)13-6-9-15(10-7-13)29-5-2/h6-12,21H,4-5H2,1-3H3. The number of benzene rings is 2. The minimum Gasteiger partial charge on any atom is -0.494 e. The Labute approximate surface area is 189 Å². The van der Waals surface area contributed by atoms with Gasteiger partial charge in [0, 0.05) is 22.6 Å². The summed E-state index contributed by atoms with van der Waals surface area (Å²) in [6.07, 6.45) is 1.42. The molecule has 160 valence electrons. The van der Waals surface area contributed by atoms with Crippen molar-refractivity contribution in [3.63, 3.8) is 0 Å². The third-order valence-corrected chi connectivity index (χ3v) is 5.57. The van der Waals surface area contributed by atoms with Gasteiger partial charge in [0.2, 0.25) is 23.2 Å². The van der Waals surface area contributed by atoms with Crippen LogP contribution in [0.1, 0.15) is 32.1 Å². The molecular formula is C22H21ClN4O3S. The molecule has 1 aliphatic rings. The first-order valence-corrected chi connectivity index (χ1v) is 11.5. The quantitative estimate of drug-likeness (QED) is 0.491. The van der Waals surface area contributed by atoms with Crippen LogP contribution in [0.3, 0.4) is 0 Å². The lowest BCUT2D eigenvalue weighted by molar-refractivity contribution is -0.120. The Bertz CT molecular complexity index is 1110. The topological polar surface area (TPSA) is 77.4 Å². The Morgan fingerprint density at radius 2 is 1.97 bits per heavy atom. The van der Waals surface area contributed by atoms with Crippen LogP contribution in [0.5, 0.6) is 11.6 Å². The molecule has 0 spiro atoms. The molecule has 4 rings (SSSR count). The molecule has 31 heavy (non-hydrogen) atoms. The number of fused-ring (bicyclic) bond motifs is 3. The monoisotopic (exact) mass is 456 g/mol. The van der Waals surface area contributed by atoms with Crippen LogP contribution in [0.4, 0.5) is 5.69 Å². The maximum atomic E-state index is 13.1. The number of nitrogens with zero attached hydrogens (tertiary/aromatic N) is 4. The summed E-state index contributed by atoms with van der Waals surface area (Å²) in [5.74, 6) is 0.941. The van der Waals surface area contributed by atoms with Crippen LogP contribution in [-0.4, -0.2) is 34.0 Å². The highest BCUT2D eigenvalue weighted by Gasteiger charge is 2.35. The second-order valence-electron chi connectivity index (χ2n) is 6.70. The predicted octanol–water partition coefficient (Wildman–Crippen LogP) is 5.15. The normalized spacial score (nSPS) is 14.8. The second kappa shape index (κ2) is 9.11. The molecule has 0 saturated heterocycles. The third kappa shape index (κ3) is 4.18. The summed E-state index contributed by atoms with van der Waals surface area (Å²) in [5, 5.41) is 9.50. The van der Waals surface area contributed by atoms with Gasteiger partial charge in [-0.25, -0.2) is 0 Å². The Morgan fingerprint density at radius 1 is 1.19 bits per heavy atom. The lowest BCUT2D eigenvalue weighted by Gasteiger charge is -2.30. The first-order chi connectivity index (χ1) is 15.0. The van der Waals surface area contributed by atoms with E-state index in [-0.39, 0.29) is 5.91 Å². The number of carbonyl (C=O) groups excluding carboxylic acids is 1. The van der Waals surface area contributed by atoms with Gasteiger partial charge in [0.05, 0.1) is 12.3 Å². The lowest BCUT2D eigenvalue weighted by Crippen LogP contribution is -2.37. The van der Waals surface area contributed by atoms with Gasteiger partial charge >= 0.3 is 0 Å². The van der Waals surface area contributed by atoms with Crippen molar-refractivity contribution in [2.24, 2.45) is 0 Å². The largest absolute Gasteiger partial charge is 0.494 e. The average Bonchev–Trinajstić information content (AvgIpc) is 2.93. The van der Waals surface area contributed by atoms with E-state index >= 15 is 0 Å². The highest BCUT2D eigenvalue weighted by Crippen LogP contribution is 2.44. The molecule has 0 N–H and O–H groups in total. The Morgan fingerprint density at radius 3 is 2.65 bits per heavy atom.